The Hall–Kier alpha value is -1.82. The zero-order valence-corrected chi connectivity index (χ0v) is 18.7. The molecule has 0 aliphatic carbocycles. The predicted molar refractivity (Wildman–Crippen MR) is 115 cm³/mol. The van der Waals surface area contributed by atoms with Crippen LogP contribution in [0.25, 0.3) is 0 Å². The third kappa shape index (κ3) is 6.59. The van der Waals surface area contributed by atoms with Crippen LogP contribution in [0.5, 0.6) is 0 Å². The van der Waals surface area contributed by atoms with Crippen molar-refractivity contribution >= 4 is 11.9 Å². The van der Waals surface area contributed by atoms with E-state index in [9.17, 15) is 4.79 Å². The normalized spacial score (nSPS) is 20.9. The molecule has 1 atom stereocenters. The van der Waals surface area contributed by atoms with Crippen LogP contribution >= 0.6 is 0 Å². The zero-order valence-electron chi connectivity index (χ0n) is 18.7. The molecule has 1 fully saturated rings. The molecule has 0 spiro atoms. The first-order valence-electron chi connectivity index (χ1n) is 11.0. The topological polar surface area (TPSA) is 63.7 Å². The van der Waals surface area contributed by atoms with Crippen LogP contribution in [0.3, 0.4) is 0 Å². The molecular formula is C23H37N3O3. The van der Waals surface area contributed by atoms with Gasteiger partial charge in [-0.1, -0.05) is 6.07 Å². The Morgan fingerprint density at radius 3 is 2.86 bits per heavy atom. The molecule has 0 aromatic carbocycles. The van der Waals surface area contributed by atoms with Crippen molar-refractivity contribution in [3.05, 3.63) is 23.4 Å². The molecule has 1 aromatic heterocycles. The number of unbranched alkanes of at least 4 members (excludes halogenated alkanes) is 1. The van der Waals surface area contributed by atoms with Crippen molar-refractivity contribution in [3.8, 4) is 0 Å². The van der Waals surface area contributed by atoms with Gasteiger partial charge in [0, 0.05) is 24.4 Å². The molecule has 2 aliphatic heterocycles. The third-order valence-corrected chi connectivity index (χ3v) is 5.49. The predicted octanol–water partition coefficient (Wildman–Crippen LogP) is 4.57. The third-order valence-electron chi connectivity index (χ3n) is 5.49. The monoisotopic (exact) mass is 403 g/mol. The minimum atomic E-state index is -0.452. The van der Waals surface area contributed by atoms with Crippen molar-refractivity contribution in [2.45, 2.75) is 90.4 Å². The molecule has 6 heteroatoms. The van der Waals surface area contributed by atoms with Crippen LogP contribution in [0.1, 0.15) is 71.6 Å². The summed E-state index contributed by atoms with van der Waals surface area (Å²) < 4.78 is 11.4. The number of carbonyl (C=O) groups is 1. The summed E-state index contributed by atoms with van der Waals surface area (Å²) in [5.41, 5.74) is 2.14. The Kier molecular flexibility index (Phi) is 6.72. The fraction of sp³-hybridized carbons (Fsp3) is 0.739. The first-order chi connectivity index (χ1) is 13.6. The minimum Gasteiger partial charge on any atom is -0.444 e. The average molecular weight is 404 g/mol. The van der Waals surface area contributed by atoms with Gasteiger partial charge < -0.3 is 19.7 Å². The van der Waals surface area contributed by atoms with E-state index in [1.165, 1.54) is 5.56 Å². The molecule has 0 saturated carbocycles. The Morgan fingerprint density at radius 1 is 1.31 bits per heavy atom. The van der Waals surface area contributed by atoms with Crippen molar-refractivity contribution in [1.82, 2.24) is 9.88 Å². The van der Waals surface area contributed by atoms with E-state index in [4.69, 9.17) is 14.5 Å². The lowest BCUT2D eigenvalue weighted by atomic mass is 9.91. The van der Waals surface area contributed by atoms with Gasteiger partial charge in [-0.3, -0.25) is 0 Å². The van der Waals surface area contributed by atoms with Gasteiger partial charge in [-0.2, -0.15) is 0 Å². The number of likely N-dealkylation sites (tertiary alicyclic amines) is 1. The smallest absolute Gasteiger partial charge is 0.410 e. The second kappa shape index (κ2) is 8.90. The molecule has 3 heterocycles. The number of nitrogens with zero attached hydrogens (tertiary/aromatic N) is 2. The number of hydrogen-bond donors (Lipinski definition) is 1. The molecule has 0 radical (unpaired) electrons. The highest BCUT2D eigenvalue weighted by atomic mass is 16.6. The lowest BCUT2D eigenvalue weighted by molar-refractivity contribution is 0.0207. The molecule has 6 nitrogen and oxygen atoms in total. The summed E-state index contributed by atoms with van der Waals surface area (Å²) in [6.45, 7) is 12.2. The highest BCUT2D eigenvalue weighted by Crippen LogP contribution is 2.29. The van der Waals surface area contributed by atoms with E-state index in [1.54, 1.807) is 4.90 Å². The van der Waals surface area contributed by atoms with Gasteiger partial charge in [-0.15, -0.1) is 0 Å². The zero-order chi connectivity index (χ0) is 21.1. The minimum absolute atomic E-state index is 0.121. The van der Waals surface area contributed by atoms with Gasteiger partial charge in [-0.25, -0.2) is 9.78 Å². The first-order valence-corrected chi connectivity index (χ1v) is 11.0. The van der Waals surface area contributed by atoms with Crippen molar-refractivity contribution in [3.63, 3.8) is 0 Å². The summed E-state index contributed by atoms with van der Waals surface area (Å²) in [4.78, 5) is 18.7. The van der Waals surface area contributed by atoms with Crippen LogP contribution in [0.15, 0.2) is 12.1 Å². The number of carbonyl (C=O) groups excluding carboxylic acids is 1. The van der Waals surface area contributed by atoms with Gasteiger partial charge in [0.25, 0.3) is 0 Å². The van der Waals surface area contributed by atoms with Crippen molar-refractivity contribution in [2.75, 3.05) is 25.0 Å². The van der Waals surface area contributed by atoms with Gasteiger partial charge >= 0.3 is 6.09 Å². The number of hydrogen-bond acceptors (Lipinski definition) is 5. The maximum Gasteiger partial charge on any atom is 0.410 e. The van der Waals surface area contributed by atoms with Gasteiger partial charge in [-0.05, 0) is 84.8 Å². The number of fused-ring (bicyclic) bond motifs is 1. The number of ether oxygens (including phenoxy) is 2. The van der Waals surface area contributed by atoms with E-state index in [0.29, 0.717) is 13.1 Å². The Labute approximate surface area is 175 Å². The van der Waals surface area contributed by atoms with E-state index >= 15 is 0 Å². The molecular weight excluding hydrogens is 366 g/mol. The SMILES string of the molecule is CC1(C)CCc2ccc(CCCCOC3CCN(C(=O)OC(C)(C)C)C3)nc2N1. The van der Waals surface area contributed by atoms with Crippen LogP contribution in [0.2, 0.25) is 0 Å². The highest BCUT2D eigenvalue weighted by molar-refractivity contribution is 5.68. The first kappa shape index (κ1) is 21.9. The van der Waals surface area contributed by atoms with Crippen LogP contribution in [-0.2, 0) is 22.3 Å². The molecule has 3 rings (SSSR count). The Bertz CT molecular complexity index is 712. The fourth-order valence-electron chi connectivity index (χ4n) is 3.82. The average Bonchev–Trinajstić information content (AvgIpc) is 3.08. The van der Waals surface area contributed by atoms with Crippen LogP contribution < -0.4 is 5.32 Å². The molecule has 1 N–H and O–H groups in total. The summed E-state index contributed by atoms with van der Waals surface area (Å²) >= 11 is 0. The van der Waals surface area contributed by atoms with E-state index in [2.05, 4.69) is 31.3 Å². The molecule has 1 amide bonds. The molecule has 1 aromatic rings. The largest absolute Gasteiger partial charge is 0.444 e. The lowest BCUT2D eigenvalue weighted by Gasteiger charge is -2.33. The number of amides is 1. The van der Waals surface area contributed by atoms with E-state index in [0.717, 1.165) is 56.6 Å². The number of anilines is 1. The number of aromatic nitrogens is 1. The number of nitrogens with one attached hydrogen (secondary N) is 1. The van der Waals surface area contributed by atoms with Gasteiger partial charge in [0.05, 0.1) is 12.6 Å². The summed E-state index contributed by atoms with van der Waals surface area (Å²) in [6.07, 6.45) is 6.02. The van der Waals surface area contributed by atoms with E-state index in [1.807, 2.05) is 20.8 Å². The van der Waals surface area contributed by atoms with E-state index in [-0.39, 0.29) is 17.7 Å². The second-order valence-corrected chi connectivity index (χ2v) is 9.98. The van der Waals surface area contributed by atoms with Crippen molar-refractivity contribution < 1.29 is 14.3 Å². The summed E-state index contributed by atoms with van der Waals surface area (Å²) in [6, 6.07) is 4.38. The van der Waals surface area contributed by atoms with Gasteiger partial charge in [0.2, 0.25) is 0 Å². The van der Waals surface area contributed by atoms with Gasteiger partial charge in [0.1, 0.15) is 11.4 Å². The number of pyridine rings is 1. The highest BCUT2D eigenvalue weighted by Gasteiger charge is 2.30. The second-order valence-electron chi connectivity index (χ2n) is 9.98. The summed E-state index contributed by atoms with van der Waals surface area (Å²) in [7, 11) is 0. The molecule has 29 heavy (non-hydrogen) atoms. The molecule has 0 bridgehead atoms. The fourth-order valence-corrected chi connectivity index (χ4v) is 3.82. The quantitative estimate of drug-likeness (QED) is 0.705. The molecule has 1 unspecified atom stereocenters. The van der Waals surface area contributed by atoms with Crippen LogP contribution in [0, 0.1) is 0 Å². The maximum atomic E-state index is 12.1. The molecule has 2 aliphatic rings. The number of aryl methyl sites for hydroxylation is 2. The lowest BCUT2D eigenvalue weighted by Crippen LogP contribution is -2.36. The Morgan fingerprint density at radius 2 is 2.10 bits per heavy atom. The molecule has 1 saturated heterocycles. The summed E-state index contributed by atoms with van der Waals surface area (Å²) in [5, 5.41) is 3.56. The number of rotatable bonds is 6. The van der Waals surface area contributed by atoms with Crippen LogP contribution in [-0.4, -0.2) is 52.9 Å². The standard InChI is InChI=1S/C23H37N3O3/c1-22(2,3)29-21(27)26-14-12-19(16-26)28-15-7-6-8-18-10-9-17-11-13-23(4,5)25-20(17)24-18/h9-10,19H,6-8,11-16H2,1-5H3,(H,24,25). The summed E-state index contributed by atoms with van der Waals surface area (Å²) in [5.74, 6) is 1.06. The maximum absolute atomic E-state index is 12.1. The van der Waals surface area contributed by atoms with Crippen LogP contribution in [0.4, 0.5) is 10.6 Å². The van der Waals surface area contributed by atoms with Crippen molar-refractivity contribution in [2.24, 2.45) is 0 Å². The van der Waals surface area contributed by atoms with Crippen molar-refractivity contribution in [1.29, 1.82) is 0 Å². The Balaban J connectivity index is 1.34. The van der Waals surface area contributed by atoms with E-state index < -0.39 is 5.60 Å². The van der Waals surface area contributed by atoms with Gasteiger partial charge in [0.15, 0.2) is 0 Å². The molecule has 162 valence electrons.